The fourth-order valence-electron chi connectivity index (χ4n) is 4.08. The Morgan fingerprint density at radius 1 is 1.36 bits per heavy atom. The number of aliphatic carboxylic acids is 1. The molecular weight excluding hydrogens is 344 g/mol. The molecule has 3 rings (SSSR count). The van der Waals surface area contributed by atoms with Crippen molar-refractivity contribution in [2.45, 2.75) is 26.2 Å². The average molecular weight is 367 g/mol. The number of hydrogen-bond donors (Lipinski definition) is 2. The van der Waals surface area contributed by atoms with Gasteiger partial charge in [0.25, 0.3) is 0 Å². The van der Waals surface area contributed by atoms with Gasteiger partial charge in [0.15, 0.2) is 5.78 Å². The van der Waals surface area contributed by atoms with Crippen LogP contribution in [0.15, 0.2) is 24.3 Å². The van der Waals surface area contributed by atoms with Crippen molar-refractivity contribution in [1.82, 2.24) is 4.90 Å². The van der Waals surface area contributed by atoms with E-state index >= 15 is 0 Å². The van der Waals surface area contributed by atoms with Crippen LogP contribution in [0.5, 0.6) is 0 Å². The molecule has 1 aliphatic heterocycles. The Balaban J connectivity index is 0.00000225. The van der Waals surface area contributed by atoms with Crippen molar-refractivity contribution in [1.29, 1.82) is 0 Å². The number of carbonyl (C=O) groups excluding carboxylic acids is 2. The van der Waals surface area contributed by atoms with Gasteiger partial charge in [-0.25, -0.2) is 0 Å². The maximum Gasteiger partial charge on any atom is 0.311 e. The molecule has 2 aliphatic rings. The van der Waals surface area contributed by atoms with Crippen LogP contribution in [0.3, 0.4) is 0 Å². The average Bonchev–Trinajstić information content (AvgIpc) is 3.05. The lowest BCUT2D eigenvalue weighted by Crippen LogP contribution is -2.37. The van der Waals surface area contributed by atoms with E-state index in [2.05, 4.69) is 5.32 Å². The molecule has 1 heterocycles. The predicted molar refractivity (Wildman–Crippen MR) is 96.2 cm³/mol. The van der Waals surface area contributed by atoms with E-state index in [1.165, 1.54) is 6.92 Å². The van der Waals surface area contributed by atoms with Gasteiger partial charge in [-0.15, -0.1) is 12.4 Å². The summed E-state index contributed by atoms with van der Waals surface area (Å²) in [5.74, 6) is -0.830. The molecule has 1 amide bonds. The van der Waals surface area contributed by atoms with E-state index in [0.29, 0.717) is 30.8 Å². The number of carbonyl (C=O) groups is 3. The van der Waals surface area contributed by atoms with Crippen LogP contribution in [0.25, 0.3) is 0 Å². The highest BCUT2D eigenvalue weighted by Gasteiger charge is 2.54. The molecule has 2 atom stereocenters. The van der Waals surface area contributed by atoms with E-state index in [1.54, 1.807) is 24.3 Å². The number of rotatable bonds is 5. The predicted octanol–water partition coefficient (Wildman–Crippen LogP) is 2.44. The van der Waals surface area contributed by atoms with Crippen molar-refractivity contribution >= 4 is 35.8 Å². The molecule has 0 spiro atoms. The number of nitrogens with one attached hydrogen (secondary N) is 1. The highest BCUT2D eigenvalue weighted by Crippen LogP contribution is 2.48. The quantitative estimate of drug-likeness (QED) is 0.781. The van der Waals surface area contributed by atoms with Gasteiger partial charge in [0.1, 0.15) is 0 Å². The van der Waals surface area contributed by atoms with Gasteiger partial charge in [-0.2, -0.15) is 0 Å². The van der Waals surface area contributed by atoms with Gasteiger partial charge >= 0.3 is 5.97 Å². The Kier molecular flexibility index (Phi) is 5.85. The summed E-state index contributed by atoms with van der Waals surface area (Å²) in [5, 5.41) is 12.4. The lowest BCUT2D eigenvalue weighted by molar-refractivity contribution is -0.149. The van der Waals surface area contributed by atoms with Gasteiger partial charge in [0.05, 0.1) is 12.0 Å². The largest absolute Gasteiger partial charge is 0.481 e. The summed E-state index contributed by atoms with van der Waals surface area (Å²) >= 11 is 0. The van der Waals surface area contributed by atoms with Gasteiger partial charge in [-0.3, -0.25) is 19.3 Å². The maximum absolute atomic E-state index is 12.3. The number of ketones is 1. The Labute approximate surface area is 153 Å². The van der Waals surface area contributed by atoms with Gasteiger partial charge in [0, 0.05) is 24.3 Å². The number of benzene rings is 1. The number of fused-ring (bicyclic) bond motifs is 1. The van der Waals surface area contributed by atoms with Crippen LogP contribution in [-0.4, -0.2) is 47.3 Å². The number of carboxylic acids is 1. The molecule has 1 saturated carbocycles. The summed E-state index contributed by atoms with van der Waals surface area (Å²) in [6, 6.07) is 6.82. The molecule has 0 aromatic heterocycles. The second kappa shape index (κ2) is 7.54. The molecule has 2 N–H and O–H groups in total. The maximum atomic E-state index is 12.3. The SMILES string of the molecule is CC(=O)c1cccc(NC(=O)CN2C[C@@H]3CCC[C@@]3(C(=O)O)C2)c1.Cl. The first-order valence-corrected chi connectivity index (χ1v) is 8.27. The Hall–Kier alpha value is -1.92. The first kappa shape index (κ1) is 19.4. The highest BCUT2D eigenvalue weighted by molar-refractivity contribution is 5.97. The number of hydrogen-bond acceptors (Lipinski definition) is 4. The van der Waals surface area contributed by atoms with Crippen LogP contribution in [0.1, 0.15) is 36.5 Å². The van der Waals surface area contributed by atoms with Crippen LogP contribution in [-0.2, 0) is 9.59 Å². The minimum Gasteiger partial charge on any atom is -0.481 e. The van der Waals surface area contributed by atoms with Crippen LogP contribution in [0, 0.1) is 11.3 Å². The molecule has 6 nitrogen and oxygen atoms in total. The summed E-state index contributed by atoms with van der Waals surface area (Å²) in [4.78, 5) is 37.3. The van der Waals surface area contributed by atoms with Gasteiger partial charge in [-0.05, 0) is 37.8 Å². The number of nitrogens with zero attached hydrogens (tertiary/aromatic N) is 1. The first-order valence-electron chi connectivity index (χ1n) is 8.27. The molecule has 0 bridgehead atoms. The zero-order chi connectivity index (χ0) is 17.3. The smallest absolute Gasteiger partial charge is 0.311 e. The van der Waals surface area contributed by atoms with Crippen LogP contribution in [0.4, 0.5) is 5.69 Å². The molecule has 2 fully saturated rings. The van der Waals surface area contributed by atoms with E-state index in [1.807, 2.05) is 4.90 Å². The van der Waals surface area contributed by atoms with E-state index in [0.717, 1.165) is 12.8 Å². The van der Waals surface area contributed by atoms with Crippen LogP contribution < -0.4 is 5.32 Å². The Morgan fingerprint density at radius 2 is 2.12 bits per heavy atom. The number of amides is 1. The molecule has 1 saturated heterocycles. The fraction of sp³-hybridized carbons (Fsp3) is 0.500. The third-order valence-electron chi connectivity index (χ3n) is 5.29. The van der Waals surface area contributed by atoms with Gasteiger partial charge in [0.2, 0.25) is 5.91 Å². The molecule has 1 aromatic rings. The summed E-state index contributed by atoms with van der Waals surface area (Å²) < 4.78 is 0. The topological polar surface area (TPSA) is 86.7 Å². The fourth-order valence-corrected chi connectivity index (χ4v) is 4.08. The number of likely N-dealkylation sites (tertiary alicyclic amines) is 1. The third kappa shape index (κ3) is 3.85. The van der Waals surface area contributed by atoms with Gasteiger partial charge < -0.3 is 10.4 Å². The zero-order valence-corrected chi connectivity index (χ0v) is 15.0. The molecule has 0 radical (unpaired) electrons. The molecule has 25 heavy (non-hydrogen) atoms. The second-order valence-corrected chi connectivity index (χ2v) is 6.91. The summed E-state index contributed by atoms with van der Waals surface area (Å²) in [7, 11) is 0. The van der Waals surface area contributed by atoms with Gasteiger partial charge in [-0.1, -0.05) is 18.6 Å². The standard InChI is InChI=1S/C18H22N2O4.ClH/c1-12(21)13-4-2-6-15(8-13)19-16(22)10-20-9-14-5-3-7-18(14,11-20)17(23)24;/h2,4,6,8,14H,3,5,7,9-11H2,1H3,(H,19,22)(H,23,24);1H/t14-,18+;/m0./s1. The number of carboxylic acid groups (broad SMARTS) is 1. The third-order valence-corrected chi connectivity index (χ3v) is 5.29. The van der Waals surface area contributed by atoms with Crippen molar-refractivity contribution in [2.24, 2.45) is 11.3 Å². The lowest BCUT2D eigenvalue weighted by atomic mass is 9.81. The minimum atomic E-state index is -0.734. The van der Waals surface area contributed by atoms with Crippen molar-refractivity contribution in [3.8, 4) is 0 Å². The Bertz CT molecular complexity index is 693. The number of Topliss-reactive ketones (excluding diaryl/α,β-unsaturated/α-hetero) is 1. The number of halogens is 1. The zero-order valence-electron chi connectivity index (χ0n) is 14.2. The molecule has 1 aromatic carbocycles. The molecule has 7 heteroatoms. The monoisotopic (exact) mass is 366 g/mol. The van der Waals surface area contributed by atoms with E-state index < -0.39 is 11.4 Å². The van der Waals surface area contributed by atoms with E-state index in [9.17, 15) is 19.5 Å². The number of anilines is 1. The molecule has 0 unspecified atom stereocenters. The van der Waals surface area contributed by atoms with E-state index in [4.69, 9.17) is 0 Å². The highest BCUT2D eigenvalue weighted by atomic mass is 35.5. The lowest BCUT2D eigenvalue weighted by Gasteiger charge is -2.23. The van der Waals surface area contributed by atoms with Crippen molar-refractivity contribution < 1.29 is 19.5 Å². The minimum absolute atomic E-state index is 0. The van der Waals surface area contributed by atoms with E-state index in [-0.39, 0.29) is 36.6 Å². The molecular formula is C18H23ClN2O4. The second-order valence-electron chi connectivity index (χ2n) is 6.91. The summed E-state index contributed by atoms with van der Waals surface area (Å²) in [6.07, 6.45) is 2.58. The summed E-state index contributed by atoms with van der Waals surface area (Å²) in [6.45, 7) is 2.76. The van der Waals surface area contributed by atoms with Crippen LogP contribution in [0.2, 0.25) is 0 Å². The molecule has 1 aliphatic carbocycles. The molecule has 136 valence electrons. The Morgan fingerprint density at radius 3 is 2.76 bits per heavy atom. The van der Waals surface area contributed by atoms with Crippen molar-refractivity contribution in [3.05, 3.63) is 29.8 Å². The normalized spacial score (nSPS) is 25.1. The van der Waals surface area contributed by atoms with Crippen molar-refractivity contribution in [2.75, 3.05) is 25.0 Å². The van der Waals surface area contributed by atoms with Crippen molar-refractivity contribution in [3.63, 3.8) is 0 Å². The first-order chi connectivity index (χ1) is 11.4. The van der Waals surface area contributed by atoms with Crippen LogP contribution >= 0.6 is 12.4 Å². The summed E-state index contributed by atoms with van der Waals surface area (Å²) in [5.41, 5.74) is 0.461.